The molecule has 13 heteroatoms. The number of hydrogen-bond donors (Lipinski definition) is 1. The van der Waals surface area contributed by atoms with Gasteiger partial charge in [0.15, 0.2) is 5.82 Å². The Hall–Kier alpha value is -2.70. The molecule has 3 rings (SSSR count). The number of alkyl halides is 6. The maximum absolute atomic E-state index is 12.5. The van der Waals surface area contributed by atoms with Gasteiger partial charge in [0, 0.05) is 18.7 Å². The smallest absolute Gasteiger partial charge is 0.475 e. The van der Waals surface area contributed by atoms with Crippen molar-refractivity contribution >= 4 is 5.97 Å². The van der Waals surface area contributed by atoms with E-state index in [4.69, 9.17) is 9.90 Å². The molecule has 1 saturated heterocycles. The first kappa shape index (κ1) is 21.6. The molecule has 3 heterocycles. The summed E-state index contributed by atoms with van der Waals surface area (Å²) < 4.78 is 70.6. The molecule has 1 aliphatic rings. The number of halogens is 6. The molecular weight excluding hydrogens is 396 g/mol. The fraction of sp³-hybridized carbons (Fsp3) is 0.467. The van der Waals surface area contributed by atoms with Gasteiger partial charge in [0.1, 0.15) is 0 Å². The zero-order valence-corrected chi connectivity index (χ0v) is 14.4. The first-order valence-electron chi connectivity index (χ1n) is 7.82. The lowest BCUT2D eigenvalue weighted by Gasteiger charge is -2.07. The summed E-state index contributed by atoms with van der Waals surface area (Å²) in [6.45, 7) is 1.93. The molecule has 1 unspecified atom stereocenters. The van der Waals surface area contributed by atoms with E-state index in [1.807, 2.05) is 7.05 Å². The number of carbonyl (C=O) groups is 1. The number of likely N-dealkylation sites (N-methyl/N-ethyl adjacent to an activating group) is 1. The predicted octanol–water partition coefficient (Wildman–Crippen LogP) is 2.73. The highest BCUT2D eigenvalue weighted by atomic mass is 19.4. The maximum atomic E-state index is 12.5. The summed E-state index contributed by atoms with van der Waals surface area (Å²) in [5, 5.41) is 15.2. The number of carboxylic acid groups (broad SMARTS) is 1. The van der Waals surface area contributed by atoms with Crippen molar-refractivity contribution in [1.82, 2.24) is 24.9 Å². The third kappa shape index (κ3) is 5.65. The minimum Gasteiger partial charge on any atom is -0.475 e. The van der Waals surface area contributed by atoms with Crippen molar-refractivity contribution in [3.05, 3.63) is 35.8 Å². The summed E-state index contributed by atoms with van der Waals surface area (Å²) in [6, 6.07) is 2.29. The topological polar surface area (TPSA) is 84.1 Å². The lowest BCUT2D eigenvalue weighted by atomic mass is 10.1. The van der Waals surface area contributed by atoms with Crippen LogP contribution in [0.5, 0.6) is 0 Å². The quantitative estimate of drug-likeness (QED) is 0.766. The van der Waals surface area contributed by atoms with Crippen LogP contribution in [0.3, 0.4) is 0 Å². The highest BCUT2D eigenvalue weighted by Gasteiger charge is 2.38. The number of carboxylic acids is 1. The highest BCUT2D eigenvalue weighted by molar-refractivity contribution is 5.73. The second kappa shape index (κ2) is 8.12. The van der Waals surface area contributed by atoms with Gasteiger partial charge in [0.2, 0.25) is 0 Å². The van der Waals surface area contributed by atoms with Gasteiger partial charge in [-0.05, 0) is 32.1 Å². The van der Waals surface area contributed by atoms with Crippen LogP contribution >= 0.6 is 0 Å². The normalized spacial score (nSPS) is 17.9. The molecule has 0 spiro atoms. The molecule has 0 aliphatic carbocycles. The Morgan fingerprint density at radius 1 is 1.21 bits per heavy atom. The van der Waals surface area contributed by atoms with Crippen LogP contribution in [0.2, 0.25) is 0 Å². The van der Waals surface area contributed by atoms with E-state index in [9.17, 15) is 26.3 Å². The summed E-state index contributed by atoms with van der Waals surface area (Å²) in [6.07, 6.45) is -5.91. The molecule has 0 radical (unpaired) electrons. The molecule has 0 amide bonds. The molecule has 154 valence electrons. The van der Waals surface area contributed by atoms with Crippen molar-refractivity contribution in [2.24, 2.45) is 0 Å². The van der Waals surface area contributed by atoms with Gasteiger partial charge in [-0.25, -0.2) is 14.5 Å². The number of likely N-dealkylation sites (tertiary alicyclic amines) is 1. The first-order chi connectivity index (χ1) is 12.9. The van der Waals surface area contributed by atoms with Crippen molar-refractivity contribution < 1.29 is 36.2 Å². The van der Waals surface area contributed by atoms with Gasteiger partial charge in [-0.15, -0.1) is 5.10 Å². The molecule has 2 aromatic heterocycles. The summed E-state index contributed by atoms with van der Waals surface area (Å²) in [4.78, 5) is 14.9. The third-order valence-electron chi connectivity index (χ3n) is 3.87. The molecule has 0 saturated carbocycles. The second-order valence-electron chi connectivity index (χ2n) is 6.04. The number of hydrogen-bond acceptors (Lipinski definition) is 5. The number of aliphatic carboxylic acids is 1. The zero-order valence-electron chi connectivity index (χ0n) is 14.4. The van der Waals surface area contributed by atoms with Crippen LogP contribution in [0.4, 0.5) is 26.3 Å². The monoisotopic (exact) mass is 411 g/mol. The van der Waals surface area contributed by atoms with Crippen molar-refractivity contribution in [2.45, 2.75) is 24.7 Å². The molecule has 7 nitrogen and oxygen atoms in total. The van der Waals surface area contributed by atoms with Gasteiger partial charge < -0.3 is 10.0 Å². The predicted molar refractivity (Wildman–Crippen MR) is 82.7 cm³/mol. The number of nitrogens with zero attached hydrogens (tertiary/aromatic N) is 5. The van der Waals surface area contributed by atoms with Crippen LogP contribution in [-0.2, 0) is 11.0 Å². The van der Waals surface area contributed by atoms with E-state index in [-0.39, 0.29) is 0 Å². The highest BCUT2D eigenvalue weighted by Crippen LogP contribution is 2.29. The van der Waals surface area contributed by atoms with Gasteiger partial charge in [0.05, 0.1) is 17.5 Å². The van der Waals surface area contributed by atoms with E-state index in [1.54, 1.807) is 6.20 Å². The molecule has 0 bridgehead atoms. The van der Waals surface area contributed by atoms with E-state index >= 15 is 0 Å². The molecule has 1 atom stereocenters. The van der Waals surface area contributed by atoms with Crippen LogP contribution in [0.1, 0.15) is 23.6 Å². The molecule has 0 aromatic carbocycles. The van der Waals surface area contributed by atoms with Crippen LogP contribution in [0, 0.1) is 0 Å². The van der Waals surface area contributed by atoms with Gasteiger partial charge in [-0.2, -0.15) is 26.3 Å². The van der Waals surface area contributed by atoms with Crippen molar-refractivity contribution in [2.75, 3.05) is 20.1 Å². The molecule has 1 fully saturated rings. The minimum atomic E-state index is -5.08. The van der Waals surface area contributed by atoms with Crippen molar-refractivity contribution in [3.63, 3.8) is 0 Å². The molecular formula is C15H15F6N5O2. The van der Waals surface area contributed by atoms with Crippen LogP contribution in [-0.4, -0.2) is 62.3 Å². The lowest BCUT2D eigenvalue weighted by molar-refractivity contribution is -0.192. The second-order valence-corrected chi connectivity index (χ2v) is 6.04. The minimum absolute atomic E-state index is 0.318. The standard InChI is InChI=1S/C13H14F3N5.C2HF3O2/c1-20-5-4-9(7-20)11-8-21(19-18-11)12-3-2-10(6-17-12)13(14,15)16;3-2(4,5)1(6)7/h2-3,6,8-9H,4-5,7H2,1H3;(H,6,7). The maximum Gasteiger partial charge on any atom is 0.490 e. The van der Waals surface area contributed by atoms with Gasteiger partial charge in [-0.1, -0.05) is 5.21 Å². The van der Waals surface area contributed by atoms with Crippen LogP contribution in [0.15, 0.2) is 24.5 Å². The van der Waals surface area contributed by atoms with Gasteiger partial charge in [-0.3, -0.25) is 0 Å². The van der Waals surface area contributed by atoms with E-state index in [2.05, 4.69) is 20.2 Å². The Labute approximate surface area is 154 Å². The Kier molecular flexibility index (Phi) is 6.27. The van der Waals surface area contributed by atoms with Crippen LogP contribution in [0.25, 0.3) is 5.82 Å². The average molecular weight is 411 g/mol. The summed E-state index contributed by atoms with van der Waals surface area (Å²) in [5.74, 6) is -2.11. The van der Waals surface area contributed by atoms with E-state index in [0.29, 0.717) is 11.7 Å². The summed E-state index contributed by atoms with van der Waals surface area (Å²) >= 11 is 0. The van der Waals surface area contributed by atoms with Gasteiger partial charge >= 0.3 is 18.3 Å². The molecule has 28 heavy (non-hydrogen) atoms. The Morgan fingerprint density at radius 2 is 1.86 bits per heavy atom. The number of aromatic nitrogens is 4. The Morgan fingerprint density at radius 3 is 2.29 bits per heavy atom. The largest absolute Gasteiger partial charge is 0.490 e. The molecule has 1 aliphatic heterocycles. The fourth-order valence-corrected chi connectivity index (χ4v) is 2.44. The number of rotatable bonds is 2. The van der Waals surface area contributed by atoms with E-state index < -0.39 is 23.9 Å². The van der Waals surface area contributed by atoms with Crippen molar-refractivity contribution in [3.8, 4) is 5.82 Å². The first-order valence-corrected chi connectivity index (χ1v) is 7.82. The lowest BCUT2D eigenvalue weighted by Crippen LogP contribution is -2.21. The van der Waals surface area contributed by atoms with Crippen LogP contribution < -0.4 is 0 Å². The average Bonchev–Trinajstić information content (AvgIpc) is 3.23. The number of pyridine rings is 1. The third-order valence-corrected chi connectivity index (χ3v) is 3.87. The Balaban J connectivity index is 0.000000345. The molecule has 1 N–H and O–H groups in total. The van der Waals surface area contributed by atoms with E-state index in [1.165, 1.54) is 10.7 Å². The zero-order chi connectivity index (χ0) is 21.1. The Bertz CT molecular complexity index is 802. The summed E-state index contributed by atoms with van der Waals surface area (Å²) in [7, 11) is 2.04. The SMILES string of the molecule is CN1CCC(c2cn(-c3ccc(C(F)(F)F)cn3)nn2)C1.O=C(O)C(F)(F)F. The fourth-order valence-electron chi connectivity index (χ4n) is 2.44. The molecule has 2 aromatic rings. The summed E-state index contributed by atoms with van der Waals surface area (Å²) in [5.41, 5.74) is 0.0741. The van der Waals surface area contributed by atoms with Gasteiger partial charge in [0.25, 0.3) is 0 Å². The van der Waals surface area contributed by atoms with E-state index in [0.717, 1.165) is 37.5 Å². The van der Waals surface area contributed by atoms with Crippen molar-refractivity contribution in [1.29, 1.82) is 0 Å².